The molecule has 8 aromatic carbocycles. The van der Waals surface area contributed by atoms with Crippen molar-refractivity contribution in [2.75, 3.05) is 4.90 Å². The lowest BCUT2D eigenvalue weighted by Crippen LogP contribution is -2.14. The van der Waals surface area contributed by atoms with Gasteiger partial charge < -0.3 is 13.7 Å². The van der Waals surface area contributed by atoms with Crippen LogP contribution in [-0.4, -0.2) is 0 Å². The first-order valence-corrected chi connectivity index (χ1v) is 19.9. The molecule has 0 saturated heterocycles. The Balaban J connectivity index is 1.16. The molecule has 0 saturated carbocycles. The van der Waals surface area contributed by atoms with Gasteiger partial charge in [0.05, 0.1) is 11.1 Å². The molecule has 0 fully saturated rings. The molecule has 2 aliphatic carbocycles. The summed E-state index contributed by atoms with van der Waals surface area (Å²) in [6.45, 7) is 9.35. The van der Waals surface area contributed by atoms with Crippen molar-refractivity contribution in [2.45, 2.75) is 38.5 Å². The van der Waals surface area contributed by atoms with Crippen LogP contribution in [0, 0.1) is 0 Å². The monoisotopic (exact) mass is 733 g/mol. The Kier molecular flexibility index (Phi) is 6.46. The van der Waals surface area contributed by atoms with Crippen LogP contribution < -0.4 is 4.90 Å². The minimum Gasteiger partial charge on any atom is -0.456 e. The summed E-state index contributed by atoms with van der Waals surface area (Å²) in [5, 5.41) is 4.41. The van der Waals surface area contributed by atoms with Crippen LogP contribution in [0.4, 0.5) is 17.1 Å². The van der Waals surface area contributed by atoms with Crippen molar-refractivity contribution in [3.63, 3.8) is 0 Å². The third-order valence-electron chi connectivity index (χ3n) is 13.1. The zero-order valence-corrected chi connectivity index (χ0v) is 32.4. The van der Waals surface area contributed by atoms with Gasteiger partial charge in [-0.15, -0.1) is 0 Å². The molecule has 0 amide bonds. The minimum absolute atomic E-state index is 0.118. The Morgan fingerprint density at radius 1 is 0.404 bits per heavy atom. The van der Waals surface area contributed by atoms with E-state index < -0.39 is 0 Å². The van der Waals surface area contributed by atoms with Crippen molar-refractivity contribution < 1.29 is 8.83 Å². The summed E-state index contributed by atoms with van der Waals surface area (Å²) in [4.78, 5) is 2.38. The highest BCUT2D eigenvalue weighted by Gasteiger charge is 2.38. The normalized spacial score (nSPS) is 14.6. The van der Waals surface area contributed by atoms with Crippen molar-refractivity contribution in [2.24, 2.45) is 0 Å². The predicted molar refractivity (Wildman–Crippen MR) is 236 cm³/mol. The largest absolute Gasteiger partial charge is 0.456 e. The van der Waals surface area contributed by atoms with E-state index in [0.29, 0.717) is 0 Å². The average molecular weight is 734 g/mol. The second-order valence-corrected chi connectivity index (χ2v) is 16.9. The number of para-hydroxylation sites is 2. The SMILES string of the molecule is CC1(C)c2ccccc2-c2ccc(-c3cc(N(c4ccccc4)c4ccc5c(c4)oc4ccccc45)c4c(c3)oc3c5c(ccc34)C(C)(C)c3ccccc3-5)cc21. The summed E-state index contributed by atoms with van der Waals surface area (Å²) in [6.07, 6.45) is 0. The van der Waals surface area contributed by atoms with Crippen LogP contribution in [0.15, 0.2) is 173 Å². The van der Waals surface area contributed by atoms with Gasteiger partial charge in [0, 0.05) is 50.0 Å². The molecule has 0 bridgehead atoms. The summed E-state index contributed by atoms with van der Waals surface area (Å²) in [5.41, 5.74) is 19.1. The molecular weight excluding hydrogens is 695 g/mol. The standard InChI is InChI=1S/C54H39NO2/c1-53(2)43-20-12-9-18-40(43)50-44(53)27-26-41-51-46(55(34-14-6-5-7-15-34)35-23-25-39-38-17-10-13-21-47(38)56-48(39)31-35)29-33(30-49(51)57-52(41)50)32-22-24-37-36-16-8-11-19-42(36)54(3,4)45(37)28-32/h5-31H,1-4H3. The number of rotatable bonds is 4. The molecule has 57 heavy (non-hydrogen) atoms. The summed E-state index contributed by atoms with van der Waals surface area (Å²) in [7, 11) is 0. The first kappa shape index (κ1) is 32.4. The lowest BCUT2D eigenvalue weighted by molar-refractivity contribution is 0.653. The Morgan fingerprint density at radius 2 is 1.07 bits per heavy atom. The van der Waals surface area contributed by atoms with E-state index >= 15 is 0 Å². The molecule has 3 heteroatoms. The number of anilines is 3. The first-order valence-electron chi connectivity index (χ1n) is 19.9. The third-order valence-corrected chi connectivity index (χ3v) is 13.1. The van der Waals surface area contributed by atoms with Crippen LogP contribution in [0.1, 0.15) is 49.9 Å². The highest BCUT2D eigenvalue weighted by molar-refractivity contribution is 6.18. The fraction of sp³-hybridized carbons (Fsp3) is 0.111. The summed E-state index contributed by atoms with van der Waals surface area (Å²) >= 11 is 0. The number of furan rings is 2. The lowest BCUT2D eigenvalue weighted by atomic mass is 9.81. The lowest BCUT2D eigenvalue weighted by Gasteiger charge is -2.27. The molecule has 272 valence electrons. The van der Waals surface area contributed by atoms with Gasteiger partial charge in [0.1, 0.15) is 22.3 Å². The molecular formula is C54H39NO2. The Labute approximate surface area is 331 Å². The van der Waals surface area contributed by atoms with Crippen LogP contribution in [0.2, 0.25) is 0 Å². The molecule has 12 rings (SSSR count). The molecule has 0 radical (unpaired) electrons. The molecule has 0 atom stereocenters. The number of hydrogen-bond acceptors (Lipinski definition) is 3. The molecule has 0 unspecified atom stereocenters. The summed E-state index contributed by atoms with van der Waals surface area (Å²) in [5.74, 6) is 0. The van der Waals surface area contributed by atoms with Gasteiger partial charge >= 0.3 is 0 Å². The number of benzene rings is 8. The maximum atomic E-state index is 7.22. The topological polar surface area (TPSA) is 29.5 Å². The molecule has 2 aliphatic rings. The van der Waals surface area contributed by atoms with Gasteiger partial charge in [-0.05, 0) is 98.6 Å². The highest BCUT2D eigenvalue weighted by Crippen LogP contribution is 2.55. The predicted octanol–water partition coefficient (Wildman–Crippen LogP) is 15.2. The van der Waals surface area contributed by atoms with Gasteiger partial charge in [-0.3, -0.25) is 0 Å². The average Bonchev–Trinajstić information content (AvgIpc) is 3.93. The van der Waals surface area contributed by atoms with Gasteiger partial charge in [-0.2, -0.15) is 0 Å². The Bertz CT molecular complexity index is 3300. The first-order chi connectivity index (χ1) is 27.8. The number of fused-ring (bicyclic) bond motifs is 13. The smallest absolute Gasteiger partial charge is 0.143 e. The molecule has 3 nitrogen and oxygen atoms in total. The molecule has 2 aromatic heterocycles. The van der Waals surface area contributed by atoms with Crippen molar-refractivity contribution >= 4 is 60.9 Å². The van der Waals surface area contributed by atoms with Gasteiger partial charge in [0.25, 0.3) is 0 Å². The maximum absolute atomic E-state index is 7.22. The van der Waals surface area contributed by atoms with Crippen molar-refractivity contribution in [3.05, 3.63) is 186 Å². The molecule has 0 N–H and O–H groups in total. The zero-order valence-electron chi connectivity index (χ0n) is 32.4. The fourth-order valence-electron chi connectivity index (χ4n) is 10.2. The van der Waals surface area contributed by atoms with Gasteiger partial charge in [-0.25, -0.2) is 0 Å². The molecule has 0 aliphatic heterocycles. The van der Waals surface area contributed by atoms with E-state index in [-0.39, 0.29) is 10.8 Å². The summed E-state index contributed by atoms with van der Waals surface area (Å²) in [6, 6.07) is 59.5. The van der Waals surface area contributed by atoms with E-state index in [1.54, 1.807) is 0 Å². The van der Waals surface area contributed by atoms with Gasteiger partial charge in [0.2, 0.25) is 0 Å². The molecule has 2 heterocycles. The highest BCUT2D eigenvalue weighted by atomic mass is 16.3. The second-order valence-electron chi connectivity index (χ2n) is 16.9. The van der Waals surface area contributed by atoms with E-state index in [0.717, 1.165) is 72.1 Å². The van der Waals surface area contributed by atoms with Gasteiger partial charge in [-0.1, -0.05) is 137 Å². The quantitative estimate of drug-likeness (QED) is 0.180. The number of hydrogen-bond donors (Lipinski definition) is 0. The van der Waals surface area contributed by atoms with Crippen LogP contribution in [-0.2, 0) is 10.8 Å². The second kappa shape index (κ2) is 11.4. The molecule has 10 aromatic rings. The van der Waals surface area contributed by atoms with Crippen LogP contribution >= 0.6 is 0 Å². The zero-order chi connectivity index (χ0) is 38.2. The minimum atomic E-state index is -0.139. The van der Waals surface area contributed by atoms with E-state index in [9.17, 15) is 0 Å². The maximum Gasteiger partial charge on any atom is 0.143 e. The van der Waals surface area contributed by atoms with Crippen LogP contribution in [0.25, 0.3) is 77.3 Å². The van der Waals surface area contributed by atoms with E-state index in [4.69, 9.17) is 8.83 Å². The Morgan fingerprint density at radius 3 is 1.91 bits per heavy atom. The van der Waals surface area contributed by atoms with E-state index in [2.05, 4.69) is 184 Å². The van der Waals surface area contributed by atoms with Crippen LogP contribution in [0.3, 0.4) is 0 Å². The number of nitrogens with zero attached hydrogens (tertiary/aromatic N) is 1. The summed E-state index contributed by atoms with van der Waals surface area (Å²) < 4.78 is 13.7. The fourth-order valence-corrected chi connectivity index (χ4v) is 10.2. The van der Waals surface area contributed by atoms with Crippen molar-refractivity contribution in [1.29, 1.82) is 0 Å². The Hall–Kier alpha value is -6.84. The van der Waals surface area contributed by atoms with E-state index in [1.807, 2.05) is 12.1 Å². The van der Waals surface area contributed by atoms with Gasteiger partial charge in [0.15, 0.2) is 0 Å². The third kappa shape index (κ3) is 4.43. The van der Waals surface area contributed by atoms with Crippen LogP contribution in [0.5, 0.6) is 0 Å². The van der Waals surface area contributed by atoms with E-state index in [1.165, 1.54) is 44.5 Å². The van der Waals surface area contributed by atoms with Crippen molar-refractivity contribution in [1.82, 2.24) is 0 Å². The molecule has 0 spiro atoms. The van der Waals surface area contributed by atoms with Crippen molar-refractivity contribution in [3.8, 4) is 33.4 Å².